The molecule has 0 aliphatic heterocycles. The van der Waals surface area contributed by atoms with Gasteiger partial charge in [-0.3, -0.25) is 0 Å². The van der Waals surface area contributed by atoms with E-state index in [4.69, 9.17) is 0 Å². The first-order valence-electron chi connectivity index (χ1n) is 4.13. The molecule has 1 aromatic carbocycles. The number of esters is 1. The van der Waals surface area contributed by atoms with E-state index in [1.165, 1.54) is 36.0 Å². The minimum atomic E-state index is -3.58. The molecule has 1 rings (SSSR count). The fraction of sp³-hybridized carbons (Fsp3) is 0.300. The quantitative estimate of drug-likeness (QED) is 0.592. The fourth-order valence-corrected chi connectivity index (χ4v) is 1.45. The lowest BCUT2D eigenvalue weighted by atomic mass is 10.1. The highest BCUT2D eigenvalue weighted by Crippen LogP contribution is 2.30. The van der Waals surface area contributed by atoms with Gasteiger partial charge >= 0.3 is 11.9 Å². The second kappa shape index (κ2) is 4.61. The first kappa shape index (κ1) is 12.0. The predicted octanol–water partition coefficient (Wildman–Crippen LogP) is 2.67. The molecule has 0 radical (unpaired) electrons. The lowest BCUT2D eigenvalue weighted by molar-refractivity contribution is -0.170. The van der Waals surface area contributed by atoms with Crippen LogP contribution in [0.5, 0.6) is 0 Å². The van der Waals surface area contributed by atoms with Crippen LogP contribution >= 0.6 is 11.8 Å². The van der Waals surface area contributed by atoms with Crippen molar-refractivity contribution in [1.29, 1.82) is 0 Å². The zero-order valence-electron chi connectivity index (χ0n) is 8.29. The van der Waals surface area contributed by atoms with Crippen molar-refractivity contribution < 1.29 is 18.3 Å². The first-order chi connectivity index (χ1) is 7.02. The Bertz CT molecular complexity index is 349. The Morgan fingerprint density at radius 1 is 1.33 bits per heavy atom. The number of hydrogen-bond acceptors (Lipinski definition) is 3. The highest BCUT2D eigenvalue weighted by molar-refractivity contribution is 7.98. The van der Waals surface area contributed by atoms with Gasteiger partial charge in [0, 0.05) is 10.5 Å². The van der Waals surface area contributed by atoms with E-state index < -0.39 is 11.9 Å². The standard InChI is InChI=1S/C10H10F2O2S/c1-14-9(13)10(11,12)7-3-5-8(15-2)6-4-7/h3-6H,1-2H3. The van der Waals surface area contributed by atoms with Gasteiger partial charge in [0.2, 0.25) is 0 Å². The topological polar surface area (TPSA) is 26.3 Å². The number of ether oxygens (including phenoxy) is 1. The van der Waals surface area contributed by atoms with Crippen molar-refractivity contribution in [2.45, 2.75) is 10.8 Å². The lowest BCUT2D eigenvalue weighted by Gasteiger charge is -2.13. The highest BCUT2D eigenvalue weighted by Gasteiger charge is 2.42. The molecule has 0 bridgehead atoms. The molecule has 0 amide bonds. The summed E-state index contributed by atoms with van der Waals surface area (Å²) in [6.45, 7) is 0. The van der Waals surface area contributed by atoms with Crippen LogP contribution in [0.15, 0.2) is 29.2 Å². The summed E-state index contributed by atoms with van der Waals surface area (Å²) in [6.07, 6.45) is 1.84. The van der Waals surface area contributed by atoms with Gasteiger partial charge in [0.05, 0.1) is 7.11 Å². The van der Waals surface area contributed by atoms with E-state index in [0.717, 1.165) is 12.0 Å². The van der Waals surface area contributed by atoms with E-state index in [9.17, 15) is 13.6 Å². The number of thioether (sulfide) groups is 1. The second-order valence-corrected chi connectivity index (χ2v) is 3.67. The van der Waals surface area contributed by atoms with E-state index in [0.29, 0.717) is 0 Å². The van der Waals surface area contributed by atoms with Crippen LogP contribution in [0.2, 0.25) is 0 Å². The van der Waals surface area contributed by atoms with Crippen molar-refractivity contribution in [2.75, 3.05) is 13.4 Å². The summed E-state index contributed by atoms with van der Waals surface area (Å²) < 4.78 is 30.6. The summed E-state index contributed by atoms with van der Waals surface area (Å²) in [5.74, 6) is -5.12. The highest BCUT2D eigenvalue weighted by atomic mass is 32.2. The Morgan fingerprint density at radius 3 is 2.27 bits per heavy atom. The number of alkyl halides is 2. The Kier molecular flexibility index (Phi) is 3.68. The Morgan fingerprint density at radius 2 is 1.87 bits per heavy atom. The fourth-order valence-electron chi connectivity index (χ4n) is 1.05. The molecule has 1 aromatic rings. The van der Waals surface area contributed by atoms with Gasteiger partial charge in [0.15, 0.2) is 0 Å². The number of carbonyl (C=O) groups is 1. The predicted molar refractivity (Wildman–Crippen MR) is 54.1 cm³/mol. The largest absolute Gasteiger partial charge is 0.464 e. The molecule has 2 nitrogen and oxygen atoms in total. The summed E-state index contributed by atoms with van der Waals surface area (Å²) in [6, 6.07) is 5.53. The normalized spacial score (nSPS) is 11.2. The van der Waals surface area contributed by atoms with E-state index in [-0.39, 0.29) is 5.56 Å². The molecule has 0 aliphatic carbocycles. The molecule has 0 aliphatic rings. The molecule has 82 valence electrons. The van der Waals surface area contributed by atoms with Gasteiger partial charge < -0.3 is 4.74 Å². The average Bonchev–Trinajstić information content (AvgIpc) is 2.28. The smallest absolute Gasteiger partial charge is 0.381 e. The molecule has 0 fully saturated rings. The molecule has 0 aromatic heterocycles. The van der Waals surface area contributed by atoms with Crippen molar-refractivity contribution in [3.05, 3.63) is 29.8 Å². The third-order valence-electron chi connectivity index (χ3n) is 1.89. The molecular weight excluding hydrogens is 222 g/mol. The van der Waals surface area contributed by atoms with Crippen LogP contribution in [0.1, 0.15) is 5.56 Å². The zero-order chi connectivity index (χ0) is 11.5. The molecule has 15 heavy (non-hydrogen) atoms. The minimum Gasteiger partial charge on any atom is -0.464 e. The van der Waals surface area contributed by atoms with Crippen molar-refractivity contribution in [3.8, 4) is 0 Å². The van der Waals surface area contributed by atoms with Crippen molar-refractivity contribution in [2.24, 2.45) is 0 Å². The number of carbonyl (C=O) groups excluding carboxylic acids is 1. The summed E-state index contributed by atoms with van der Waals surface area (Å²) in [5, 5.41) is 0. The van der Waals surface area contributed by atoms with Crippen molar-refractivity contribution >= 4 is 17.7 Å². The van der Waals surface area contributed by atoms with Gasteiger partial charge in [-0.05, 0) is 18.4 Å². The van der Waals surface area contributed by atoms with E-state index in [1.807, 2.05) is 6.26 Å². The molecular formula is C10H10F2O2S. The zero-order valence-corrected chi connectivity index (χ0v) is 9.11. The molecule has 0 saturated carbocycles. The molecule has 0 atom stereocenters. The van der Waals surface area contributed by atoms with E-state index in [2.05, 4.69) is 4.74 Å². The van der Waals surface area contributed by atoms with Crippen LogP contribution in [0, 0.1) is 0 Å². The molecule has 0 spiro atoms. The number of hydrogen-bond donors (Lipinski definition) is 0. The van der Waals surface area contributed by atoms with Crippen LogP contribution in [0.25, 0.3) is 0 Å². The van der Waals surface area contributed by atoms with E-state index >= 15 is 0 Å². The summed E-state index contributed by atoms with van der Waals surface area (Å²) in [4.78, 5) is 11.7. The maximum absolute atomic E-state index is 13.3. The monoisotopic (exact) mass is 232 g/mol. The van der Waals surface area contributed by atoms with Gasteiger partial charge in [-0.1, -0.05) is 12.1 Å². The summed E-state index contributed by atoms with van der Waals surface area (Å²) in [5.41, 5.74) is -0.354. The van der Waals surface area contributed by atoms with E-state index in [1.54, 1.807) is 0 Å². The Balaban J connectivity index is 3.00. The number of halogens is 2. The molecule has 0 heterocycles. The first-order valence-corrected chi connectivity index (χ1v) is 5.35. The molecule has 0 unspecified atom stereocenters. The van der Waals surface area contributed by atoms with Crippen LogP contribution in [0.4, 0.5) is 8.78 Å². The van der Waals surface area contributed by atoms with Crippen LogP contribution in [-0.4, -0.2) is 19.3 Å². The van der Waals surface area contributed by atoms with Crippen LogP contribution < -0.4 is 0 Å². The van der Waals surface area contributed by atoms with Crippen molar-refractivity contribution in [3.63, 3.8) is 0 Å². The SMILES string of the molecule is COC(=O)C(F)(F)c1ccc(SC)cc1. The van der Waals surface area contributed by atoms with Crippen LogP contribution in [-0.2, 0) is 15.5 Å². The third kappa shape index (κ3) is 2.47. The van der Waals surface area contributed by atoms with Crippen molar-refractivity contribution in [1.82, 2.24) is 0 Å². The maximum atomic E-state index is 13.3. The van der Waals surface area contributed by atoms with Gasteiger partial charge in [0.25, 0.3) is 0 Å². The minimum absolute atomic E-state index is 0.354. The third-order valence-corrected chi connectivity index (χ3v) is 2.64. The number of methoxy groups -OCH3 is 1. The maximum Gasteiger partial charge on any atom is 0.381 e. The molecule has 5 heteroatoms. The van der Waals surface area contributed by atoms with Gasteiger partial charge in [-0.25, -0.2) is 4.79 Å². The lowest BCUT2D eigenvalue weighted by Crippen LogP contribution is -2.27. The van der Waals surface area contributed by atoms with Crippen LogP contribution in [0.3, 0.4) is 0 Å². The molecule has 0 saturated heterocycles. The van der Waals surface area contributed by atoms with Gasteiger partial charge in [0.1, 0.15) is 0 Å². The Labute approximate surface area is 90.6 Å². The van der Waals surface area contributed by atoms with Gasteiger partial charge in [-0.2, -0.15) is 8.78 Å². The number of rotatable bonds is 3. The summed E-state index contributed by atoms with van der Waals surface area (Å²) >= 11 is 1.44. The van der Waals surface area contributed by atoms with Gasteiger partial charge in [-0.15, -0.1) is 11.8 Å². The second-order valence-electron chi connectivity index (χ2n) is 2.79. The summed E-state index contributed by atoms with van der Waals surface area (Å²) in [7, 11) is 0.937. The Hall–Kier alpha value is -1.10. The number of benzene rings is 1. The molecule has 0 N–H and O–H groups in total. The average molecular weight is 232 g/mol.